The van der Waals surface area contributed by atoms with E-state index in [4.69, 9.17) is 0 Å². The molecule has 1 saturated carbocycles. The average molecular weight is 299 g/mol. The van der Waals surface area contributed by atoms with E-state index < -0.39 is 11.7 Å². The number of hydrogen-bond acceptors (Lipinski definition) is 3. The van der Waals surface area contributed by atoms with Crippen LogP contribution in [0.1, 0.15) is 23.2 Å². The first-order chi connectivity index (χ1) is 10.6. The van der Waals surface area contributed by atoms with Crippen molar-refractivity contribution in [3.63, 3.8) is 0 Å². The zero-order valence-corrected chi connectivity index (χ0v) is 11.7. The van der Waals surface area contributed by atoms with Crippen LogP contribution in [0.5, 0.6) is 0 Å². The quantitative estimate of drug-likeness (QED) is 0.912. The molecule has 0 aliphatic heterocycles. The molecule has 112 valence electrons. The first-order valence-electron chi connectivity index (χ1n) is 6.96. The standard InChI is InChI=1S/C16H14FN3O2/c17-13-4-2-1-3-12(13)16(22)20-14-8-7-11(9-18-14)19-15(21)10-5-6-10/h1-4,7-10H,5-6H2,(H,19,21)(H,18,20,22). The number of hydrogen-bond donors (Lipinski definition) is 2. The van der Waals surface area contributed by atoms with E-state index in [1.165, 1.54) is 24.4 Å². The molecule has 2 aromatic rings. The molecule has 1 aliphatic carbocycles. The van der Waals surface area contributed by atoms with Gasteiger partial charge in [0.15, 0.2) is 0 Å². The Morgan fingerprint density at radius 2 is 1.86 bits per heavy atom. The summed E-state index contributed by atoms with van der Waals surface area (Å²) in [6, 6.07) is 8.92. The first-order valence-corrected chi connectivity index (χ1v) is 6.96. The lowest BCUT2D eigenvalue weighted by atomic mass is 10.2. The van der Waals surface area contributed by atoms with Crippen LogP contribution < -0.4 is 10.6 Å². The molecule has 3 rings (SSSR count). The first kappa shape index (κ1) is 14.2. The highest BCUT2D eigenvalue weighted by molar-refractivity contribution is 6.04. The molecule has 2 amide bonds. The predicted molar refractivity (Wildman–Crippen MR) is 79.9 cm³/mol. The van der Waals surface area contributed by atoms with Crippen molar-refractivity contribution in [2.24, 2.45) is 5.92 Å². The third kappa shape index (κ3) is 3.28. The van der Waals surface area contributed by atoms with Gasteiger partial charge >= 0.3 is 0 Å². The summed E-state index contributed by atoms with van der Waals surface area (Å²) in [5.74, 6) is -0.767. The van der Waals surface area contributed by atoms with E-state index in [1.54, 1.807) is 18.2 Å². The van der Waals surface area contributed by atoms with Crippen LogP contribution in [0.2, 0.25) is 0 Å². The van der Waals surface area contributed by atoms with Gasteiger partial charge in [-0.05, 0) is 37.1 Å². The largest absolute Gasteiger partial charge is 0.324 e. The van der Waals surface area contributed by atoms with Crippen molar-refractivity contribution >= 4 is 23.3 Å². The summed E-state index contributed by atoms with van der Waals surface area (Å²) in [4.78, 5) is 27.6. The molecule has 5 nitrogen and oxygen atoms in total. The average Bonchev–Trinajstić information content (AvgIpc) is 3.34. The van der Waals surface area contributed by atoms with Crippen LogP contribution in [0.15, 0.2) is 42.6 Å². The molecular formula is C16H14FN3O2. The number of amides is 2. The van der Waals surface area contributed by atoms with Crippen molar-refractivity contribution in [1.82, 2.24) is 4.98 Å². The third-order valence-corrected chi connectivity index (χ3v) is 3.34. The van der Waals surface area contributed by atoms with E-state index in [2.05, 4.69) is 15.6 Å². The highest BCUT2D eigenvalue weighted by Gasteiger charge is 2.29. The molecule has 1 aliphatic rings. The Bertz CT molecular complexity index is 712. The van der Waals surface area contributed by atoms with Gasteiger partial charge in [0.2, 0.25) is 5.91 Å². The summed E-state index contributed by atoms with van der Waals surface area (Å²) in [5.41, 5.74) is 0.524. The molecule has 1 aromatic carbocycles. The van der Waals surface area contributed by atoms with E-state index >= 15 is 0 Å². The van der Waals surface area contributed by atoms with E-state index in [0.29, 0.717) is 5.69 Å². The van der Waals surface area contributed by atoms with E-state index in [1.807, 2.05) is 0 Å². The number of anilines is 2. The second-order valence-electron chi connectivity index (χ2n) is 5.13. The van der Waals surface area contributed by atoms with Gasteiger partial charge in [-0.25, -0.2) is 9.37 Å². The number of carbonyl (C=O) groups is 2. The fraction of sp³-hybridized carbons (Fsp3) is 0.188. The van der Waals surface area contributed by atoms with Crippen LogP contribution >= 0.6 is 0 Å². The van der Waals surface area contributed by atoms with Gasteiger partial charge in [-0.3, -0.25) is 9.59 Å². The second kappa shape index (κ2) is 5.93. The monoisotopic (exact) mass is 299 g/mol. The van der Waals surface area contributed by atoms with E-state index in [9.17, 15) is 14.0 Å². The number of pyridine rings is 1. The number of carbonyl (C=O) groups excluding carboxylic acids is 2. The topological polar surface area (TPSA) is 71.1 Å². The Hall–Kier alpha value is -2.76. The molecule has 0 atom stereocenters. The van der Waals surface area contributed by atoms with Gasteiger partial charge in [0.1, 0.15) is 11.6 Å². The number of nitrogens with one attached hydrogen (secondary N) is 2. The van der Waals surface area contributed by atoms with Crippen molar-refractivity contribution in [3.8, 4) is 0 Å². The lowest BCUT2D eigenvalue weighted by Crippen LogP contribution is -2.15. The van der Waals surface area contributed by atoms with Gasteiger partial charge in [0.05, 0.1) is 17.4 Å². The van der Waals surface area contributed by atoms with Gasteiger partial charge < -0.3 is 10.6 Å². The molecule has 2 N–H and O–H groups in total. The molecule has 1 heterocycles. The van der Waals surface area contributed by atoms with Crippen molar-refractivity contribution in [3.05, 3.63) is 54.0 Å². The molecule has 0 bridgehead atoms. The Morgan fingerprint density at radius 1 is 1.09 bits per heavy atom. The highest BCUT2D eigenvalue weighted by atomic mass is 19.1. The summed E-state index contributed by atoms with van der Waals surface area (Å²) < 4.78 is 13.5. The molecule has 0 radical (unpaired) electrons. The summed E-state index contributed by atoms with van der Waals surface area (Å²) in [6.45, 7) is 0. The summed E-state index contributed by atoms with van der Waals surface area (Å²) in [7, 11) is 0. The lowest BCUT2D eigenvalue weighted by molar-refractivity contribution is -0.117. The molecule has 1 aromatic heterocycles. The molecule has 0 saturated heterocycles. The Kier molecular flexibility index (Phi) is 3.82. The van der Waals surface area contributed by atoms with Gasteiger partial charge in [-0.1, -0.05) is 12.1 Å². The molecule has 0 unspecified atom stereocenters. The van der Waals surface area contributed by atoms with Gasteiger partial charge in [0, 0.05) is 5.92 Å². The molecular weight excluding hydrogens is 285 g/mol. The Morgan fingerprint density at radius 3 is 2.50 bits per heavy atom. The maximum absolute atomic E-state index is 13.5. The number of aromatic nitrogens is 1. The molecule has 22 heavy (non-hydrogen) atoms. The van der Waals surface area contributed by atoms with Gasteiger partial charge in [0.25, 0.3) is 5.91 Å². The maximum Gasteiger partial charge on any atom is 0.259 e. The zero-order valence-electron chi connectivity index (χ0n) is 11.7. The summed E-state index contributed by atoms with van der Waals surface area (Å²) in [5, 5.41) is 5.26. The highest BCUT2D eigenvalue weighted by Crippen LogP contribution is 2.30. The Balaban J connectivity index is 1.64. The summed E-state index contributed by atoms with van der Waals surface area (Å²) >= 11 is 0. The van der Waals surface area contributed by atoms with Crippen LogP contribution in [0.25, 0.3) is 0 Å². The lowest BCUT2D eigenvalue weighted by Gasteiger charge is -2.07. The Labute approximate surface area is 126 Å². The van der Waals surface area contributed by atoms with Crippen LogP contribution in [0.3, 0.4) is 0 Å². The van der Waals surface area contributed by atoms with Crippen molar-refractivity contribution < 1.29 is 14.0 Å². The predicted octanol–water partition coefficient (Wildman–Crippen LogP) is 2.82. The second-order valence-corrected chi connectivity index (χ2v) is 5.13. The minimum atomic E-state index is -0.590. The van der Waals surface area contributed by atoms with Crippen LogP contribution in [0.4, 0.5) is 15.9 Å². The number of rotatable bonds is 4. The minimum Gasteiger partial charge on any atom is -0.324 e. The SMILES string of the molecule is O=C(Nc1ccc(NC(=O)C2CC2)cn1)c1ccccc1F. The van der Waals surface area contributed by atoms with E-state index in [-0.39, 0.29) is 23.2 Å². The molecule has 6 heteroatoms. The fourth-order valence-corrected chi connectivity index (χ4v) is 1.96. The van der Waals surface area contributed by atoms with Gasteiger partial charge in [-0.2, -0.15) is 0 Å². The van der Waals surface area contributed by atoms with Crippen LogP contribution in [0, 0.1) is 11.7 Å². The maximum atomic E-state index is 13.5. The van der Waals surface area contributed by atoms with Gasteiger partial charge in [-0.15, -0.1) is 0 Å². The number of benzene rings is 1. The van der Waals surface area contributed by atoms with Crippen molar-refractivity contribution in [2.45, 2.75) is 12.8 Å². The minimum absolute atomic E-state index is 0.00931. The fourth-order valence-electron chi connectivity index (χ4n) is 1.96. The van der Waals surface area contributed by atoms with Crippen LogP contribution in [-0.2, 0) is 4.79 Å². The number of halogens is 1. The van der Waals surface area contributed by atoms with Crippen LogP contribution in [-0.4, -0.2) is 16.8 Å². The normalized spacial score (nSPS) is 13.5. The van der Waals surface area contributed by atoms with Crippen molar-refractivity contribution in [1.29, 1.82) is 0 Å². The summed E-state index contributed by atoms with van der Waals surface area (Å²) in [6.07, 6.45) is 3.31. The molecule has 0 spiro atoms. The smallest absolute Gasteiger partial charge is 0.259 e. The van der Waals surface area contributed by atoms with Crippen molar-refractivity contribution in [2.75, 3.05) is 10.6 Å². The van der Waals surface area contributed by atoms with E-state index in [0.717, 1.165) is 12.8 Å². The zero-order chi connectivity index (χ0) is 15.5. The molecule has 1 fully saturated rings. The number of nitrogens with zero attached hydrogens (tertiary/aromatic N) is 1. The third-order valence-electron chi connectivity index (χ3n) is 3.34.